The van der Waals surface area contributed by atoms with Gasteiger partial charge in [-0.05, 0) is 54.5 Å². The minimum absolute atomic E-state index is 0.163. The van der Waals surface area contributed by atoms with E-state index in [2.05, 4.69) is 46.6 Å². The Bertz CT molecular complexity index is 1240. The van der Waals surface area contributed by atoms with Crippen molar-refractivity contribution in [3.05, 3.63) is 71.9 Å². The molecule has 0 unspecified atom stereocenters. The number of pyridine rings is 1. The molecule has 1 aliphatic rings. The fourth-order valence-corrected chi connectivity index (χ4v) is 5.26. The first-order valence-electron chi connectivity index (χ1n) is 11.7. The maximum absolute atomic E-state index is 10.4. The third kappa shape index (κ3) is 4.43. The minimum Gasteiger partial charge on any atom is -0.395 e. The highest BCUT2D eigenvalue weighted by molar-refractivity contribution is 7.98. The molecule has 1 aliphatic heterocycles. The summed E-state index contributed by atoms with van der Waals surface area (Å²) in [7, 11) is 0. The first-order chi connectivity index (χ1) is 16.6. The number of aliphatic hydroxyl groups is 1. The van der Waals surface area contributed by atoms with Gasteiger partial charge < -0.3 is 15.7 Å². The van der Waals surface area contributed by atoms with Gasteiger partial charge in [-0.3, -0.25) is 4.68 Å². The summed E-state index contributed by atoms with van der Waals surface area (Å²) in [5.41, 5.74) is 9.69. The van der Waals surface area contributed by atoms with Crippen molar-refractivity contribution in [3.63, 3.8) is 0 Å². The molecule has 3 aromatic heterocycles. The lowest BCUT2D eigenvalue weighted by molar-refractivity contribution is 0.165. The second-order valence-electron chi connectivity index (χ2n) is 8.92. The van der Waals surface area contributed by atoms with Crippen molar-refractivity contribution in [1.29, 1.82) is 0 Å². The molecule has 1 saturated heterocycles. The van der Waals surface area contributed by atoms with Crippen LogP contribution in [0.2, 0.25) is 0 Å². The standard InChI is InChI=1S/C25H31N7OS/c1-34-21-6-4-20(5-7-21)25(18-33)8-12-30(13-9-25)22-3-2-11-32-24(22)28-23(29-32)15-19-16-27-31(17-19)14-10-26/h2-7,11,16-17,33H,8-10,12-15,18,26H2,1H3. The van der Waals surface area contributed by atoms with Crippen LogP contribution in [0, 0.1) is 0 Å². The Morgan fingerprint density at radius 3 is 2.65 bits per heavy atom. The third-order valence-electron chi connectivity index (χ3n) is 6.86. The van der Waals surface area contributed by atoms with Gasteiger partial charge >= 0.3 is 0 Å². The van der Waals surface area contributed by atoms with Gasteiger partial charge in [-0.1, -0.05) is 12.1 Å². The van der Waals surface area contributed by atoms with E-state index in [0.717, 1.165) is 48.7 Å². The Balaban J connectivity index is 1.34. The lowest BCUT2D eigenvalue weighted by Crippen LogP contribution is -2.45. The molecule has 0 amide bonds. The van der Waals surface area contributed by atoms with Crippen LogP contribution in [-0.2, 0) is 18.4 Å². The summed E-state index contributed by atoms with van der Waals surface area (Å²) >= 11 is 1.74. The summed E-state index contributed by atoms with van der Waals surface area (Å²) in [6.45, 7) is 3.15. The van der Waals surface area contributed by atoms with Crippen LogP contribution in [0.25, 0.3) is 5.65 Å². The summed E-state index contributed by atoms with van der Waals surface area (Å²) in [6.07, 6.45) is 10.3. The van der Waals surface area contributed by atoms with Crippen LogP contribution < -0.4 is 10.6 Å². The van der Waals surface area contributed by atoms with Crippen molar-refractivity contribution < 1.29 is 5.11 Å². The van der Waals surface area contributed by atoms with Gasteiger partial charge in [0.2, 0.25) is 0 Å². The fraction of sp³-hybridized carbons (Fsp3) is 0.400. The average Bonchev–Trinajstić information content (AvgIpc) is 3.50. The third-order valence-corrected chi connectivity index (χ3v) is 7.60. The summed E-state index contributed by atoms with van der Waals surface area (Å²) in [6, 6.07) is 12.8. The van der Waals surface area contributed by atoms with Crippen LogP contribution in [0.3, 0.4) is 0 Å². The Kier molecular flexibility index (Phi) is 6.58. The summed E-state index contributed by atoms with van der Waals surface area (Å²) in [5.74, 6) is 0.773. The summed E-state index contributed by atoms with van der Waals surface area (Å²) in [5, 5.41) is 19.4. The molecule has 1 aromatic carbocycles. The highest BCUT2D eigenvalue weighted by Crippen LogP contribution is 2.38. The lowest BCUT2D eigenvalue weighted by Gasteiger charge is -2.42. The molecule has 4 aromatic rings. The van der Waals surface area contributed by atoms with Crippen molar-refractivity contribution in [1.82, 2.24) is 24.4 Å². The number of nitrogens with two attached hydrogens (primary N) is 1. The van der Waals surface area contributed by atoms with E-state index in [9.17, 15) is 5.11 Å². The maximum Gasteiger partial charge on any atom is 0.178 e. The van der Waals surface area contributed by atoms with Crippen LogP contribution in [0.1, 0.15) is 29.8 Å². The number of rotatable bonds is 8. The molecule has 178 valence electrons. The first-order valence-corrected chi connectivity index (χ1v) is 12.9. The quantitative estimate of drug-likeness (QED) is 0.377. The molecule has 4 heterocycles. The predicted molar refractivity (Wildman–Crippen MR) is 136 cm³/mol. The van der Waals surface area contributed by atoms with Crippen LogP contribution in [0.15, 0.2) is 59.9 Å². The number of anilines is 1. The van der Waals surface area contributed by atoms with E-state index in [0.29, 0.717) is 19.5 Å². The molecule has 34 heavy (non-hydrogen) atoms. The van der Waals surface area contributed by atoms with Crippen LogP contribution >= 0.6 is 11.8 Å². The van der Waals surface area contributed by atoms with E-state index in [1.807, 2.05) is 33.9 Å². The molecule has 0 radical (unpaired) electrons. The minimum atomic E-state index is -0.193. The van der Waals surface area contributed by atoms with E-state index in [4.69, 9.17) is 15.8 Å². The number of aliphatic hydroxyl groups excluding tert-OH is 1. The highest BCUT2D eigenvalue weighted by atomic mass is 32.2. The smallest absolute Gasteiger partial charge is 0.178 e. The van der Waals surface area contributed by atoms with Crippen LogP contribution in [0.4, 0.5) is 5.69 Å². The van der Waals surface area contributed by atoms with E-state index < -0.39 is 0 Å². The molecule has 8 nitrogen and oxygen atoms in total. The number of hydrogen-bond donors (Lipinski definition) is 2. The van der Waals surface area contributed by atoms with Crippen molar-refractivity contribution in [2.45, 2.75) is 36.1 Å². The number of hydrogen-bond acceptors (Lipinski definition) is 7. The molecule has 0 bridgehead atoms. The van der Waals surface area contributed by atoms with E-state index in [-0.39, 0.29) is 12.0 Å². The Morgan fingerprint density at radius 1 is 1.15 bits per heavy atom. The molecular formula is C25H31N7OS. The first kappa shape index (κ1) is 22.9. The molecule has 5 rings (SSSR count). The van der Waals surface area contributed by atoms with Crippen molar-refractivity contribution in [2.75, 3.05) is 37.4 Å². The van der Waals surface area contributed by atoms with Gasteiger partial charge in [0.15, 0.2) is 11.5 Å². The SMILES string of the molecule is CSc1ccc(C2(CO)CCN(c3cccn4nc(Cc5cnn(CCN)c5)nc34)CC2)cc1. The van der Waals surface area contributed by atoms with Crippen molar-refractivity contribution in [3.8, 4) is 0 Å². The molecular weight excluding hydrogens is 446 g/mol. The van der Waals surface area contributed by atoms with Gasteiger partial charge in [0.25, 0.3) is 0 Å². The van der Waals surface area contributed by atoms with Gasteiger partial charge in [0, 0.05) is 48.8 Å². The number of piperidine rings is 1. The van der Waals surface area contributed by atoms with Crippen LogP contribution in [0.5, 0.6) is 0 Å². The monoisotopic (exact) mass is 477 g/mol. The lowest BCUT2D eigenvalue weighted by atomic mass is 9.73. The zero-order valence-electron chi connectivity index (χ0n) is 19.5. The van der Waals surface area contributed by atoms with Crippen molar-refractivity contribution >= 4 is 23.1 Å². The zero-order chi connectivity index (χ0) is 23.5. The molecule has 3 N–H and O–H groups in total. The van der Waals surface area contributed by atoms with Crippen molar-refractivity contribution in [2.24, 2.45) is 5.73 Å². The van der Waals surface area contributed by atoms with Gasteiger partial charge in [-0.15, -0.1) is 11.8 Å². The number of benzene rings is 1. The second-order valence-corrected chi connectivity index (χ2v) is 9.80. The highest BCUT2D eigenvalue weighted by Gasteiger charge is 2.36. The van der Waals surface area contributed by atoms with Gasteiger partial charge in [0.1, 0.15) is 0 Å². The van der Waals surface area contributed by atoms with Crippen LogP contribution in [-0.4, -0.2) is 62.0 Å². The van der Waals surface area contributed by atoms with E-state index in [1.165, 1.54) is 10.5 Å². The fourth-order valence-electron chi connectivity index (χ4n) is 4.85. The predicted octanol–water partition coefficient (Wildman–Crippen LogP) is 2.73. The Hall–Kier alpha value is -2.88. The van der Waals surface area contributed by atoms with Gasteiger partial charge in [-0.2, -0.15) is 10.2 Å². The molecule has 0 saturated carbocycles. The summed E-state index contributed by atoms with van der Waals surface area (Å²) < 4.78 is 3.72. The van der Waals surface area contributed by atoms with E-state index in [1.54, 1.807) is 11.8 Å². The number of thioether (sulfide) groups is 1. The number of fused-ring (bicyclic) bond motifs is 1. The summed E-state index contributed by atoms with van der Waals surface area (Å²) in [4.78, 5) is 8.49. The molecule has 0 atom stereocenters. The molecule has 0 spiro atoms. The zero-order valence-corrected chi connectivity index (χ0v) is 20.3. The van der Waals surface area contributed by atoms with E-state index >= 15 is 0 Å². The van der Waals surface area contributed by atoms with Gasteiger partial charge in [0.05, 0.1) is 25.0 Å². The molecule has 0 aliphatic carbocycles. The van der Waals surface area contributed by atoms with Gasteiger partial charge in [-0.25, -0.2) is 9.50 Å². The average molecular weight is 478 g/mol. The topological polar surface area (TPSA) is 97.5 Å². The Morgan fingerprint density at radius 2 is 1.94 bits per heavy atom. The second kappa shape index (κ2) is 9.77. The molecule has 1 fully saturated rings. The number of nitrogens with zero attached hydrogens (tertiary/aromatic N) is 6. The largest absolute Gasteiger partial charge is 0.395 e. The number of aromatic nitrogens is 5. The maximum atomic E-state index is 10.4. The molecule has 9 heteroatoms. The normalized spacial score (nSPS) is 15.8. The Labute approximate surface area is 203 Å².